The van der Waals surface area contributed by atoms with Crippen molar-refractivity contribution in [2.24, 2.45) is 0 Å². The lowest BCUT2D eigenvalue weighted by molar-refractivity contribution is 0.568. The van der Waals surface area contributed by atoms with E-state index in [1.165, 1.54) is 27.8 Å². The Morgan fingerprint density at radius 1 is 0.852 bits per heavy atom. The summed E-state index contributed by atoms with van der Waals surface area (Å²) < 4.78 is 0. The van der Waals surface area contributed by atoms with Crippen molar-refractivity contribution in [1.29, 1.82) is 0 Å². The number of hydrogen-bond donors (Lipinski definition) is 0. The summed E-state index contributed by atoms with van der Waals surface area (Å²) >= 11 is 0. The first kappa shape index (κ1) is 18.3. The van der Waals surface area contributed by atoms with Gasteiger partial charge < -0.3 is 0 Å². The predicted molar refractivity (Wildman–Crippen MR) is 118 cm³/mol. The first-order chi connectivity index (χ1) is 12.7. The second kappa shape index (κ2) is 6.23. The Bertz CT molecular complexity index is 939. The summed E-state index contributed by atoms with van der Waals surface area (Å²) in [5.74, 6) is 0.471. The van der Waals surface area contributed by atoms with Crippen molar-refractivity contribution in [2.45, 2.75) is 71.1 Å². The maximum Gasteiger partial charge on any atom is 0.0142 e. The Morgan fingerprint density at radius 2 is 1.52 bits per heavy atom. The zero-order chi connectivity index (χ0) is 19.4. The van der Waals surface area contributed by atoms with Gasteiger partial charge in [-0.15, -0.1) is 0 Å². The van der Waals surface area contributed by atoms with Crippen LogP contribution in [0.15, 0.2) is 60.2 Å². The summed E-state index contributed by atoms with van der Waals surface area (Å²) in [6.45, 7) is 14.1. The third-order valence-corrected chi connectivity index (χ3v) is 6.13. The fraction of sp³-hybridized carbons (Fsp3) is 0.407. The topological polar surface area (TPSA) is 0 Å². The Morgan fingerprint density at radius 3 is 2.15 bits per heavy atom. The van der Waals surface area contributed by atoms with E-state index in [2.05, 4.69) is 96.2 Å². The molecule has 0 spiro atoms. The van der Waals surface area contributed by atoms with Crippen LogP contribution in [-0.2, 0) is 10.8 Å². The molecule has 0 N–H and O–H groups in total. The fourth-order valence-corrected chi connectivity index (χ4v) is 4.85. The fourth-order valence-electron chi connectivity index (χ4n) is 4.85. The van der Waals surface area contributed by atoms with E-state index in [0.717, 1.165) is 12.8 Å². The molecule has 140 valence electrons. The molecule has 0 radical (unpaired) electrons. The van der Waals surface area contributed by atoms with E-state index in [1.54, 1.807) is 11.1 Å². The van der Waals surface area contributed by atoms with Crippen LogP contribution in [0.2, 0.25) is 0 Å². The monoisotopic (exact) mass is 356 g/mol. The zero-order valence-electron chi connectivity index (χ0n) is 17.7. The van der Waals surface area contributed by atoms with E-state index in [0.29, 0.717) is 5.92 Å². The second-order valence-electron chi connectivity index (χ2n) is 10.3. The zero-order valence-corrected chi connectivity index (χ0v) is 17.7. The Labute approximate surface area is 165 Å². The maximum atomic E-state index is 2.42. The van der Waals surface area contributed by atoms with E-state index in [9.17, 15) is 0 Å². The van der Waals surface area contributed by atoms with Crippen LogP contribution in [0.25, 0.3) is 11.1 Å². The van der Waals surface area contributed by atoms with Gasteiger partial charge >= 0.3 is 0 Å². The molecule has 0 fully saturated rings. The Hall–Kier alpha value is -2.08. The molecule has 0 heteroatoms. The van der Waals surface area contributed by atoms with Gasteiger partial charge in [0, 0.05) is 5.92 Å². The van der Waals surface area contributed by atoms with Gasteiger partial charge in [0.15, 0.2) is 0 Å². The molecule has 0 saturated heterocycles. The van der Waals surface area contributed by atoms with Crippen LogP contribution in [0, 0.1) is 0 Å². The first-order valence-corrected chi connectivity index (χ1v) is 10.3. The van der Waals surface area contributed by atoms with Gasteiger partial charge in [0.1, 0.15) is 0 Å². The average Bonchev–Trinajstić information content (AvgIpc) is 3.20. The lowest BCUT2D eigenvalue weighted by Gasteiger charge is -2.30. The van der Waals surface area contributed by atoms with Gasteiger partial charge in [0.05, 0.1) is 0 Å². The quantitative estimate of drug-likeness (QED) is 0.518. The van der Waals surface area contributed by atoms with Crippen LogP contribution >= 0.6 is 0 Å². The molecule has 1 unspecified atom stereocenters. The van der Waals surface area contributed by atoms with Crippen molar-refractivity contribution in [2.75, 3.05) is 0 Å². The van der Waals surface area contributed by atoms with Crippen LogP contribution in [0.5, 0.6) is 0 Å². The molecule has 0 saturated carbocycles. The van der Waals surface area contributed by atoms with Crippen LogP contribution in [0.4, 0.5) is 0 Å². The van der Waals surface area contributed by atoms with Gasteiger partial charge in [0.2, 0.25) is 0 Å². The van der Waals surface area contributed by atoms with Crippen molar-refractivity contribution in [3.05, 3.63) is 82.5 Å². The molecule has 2 aliphatic carbocycles. The number of fused-ring (bicyclic) bond motifs is 3. The minimum absolute atomic E-state index is 0.136. The minimum atomic E-state index is 0.136. The lowest BCUT2D eigenvalue weighted by Crippen LogP contribution is -2.19. The molecule has 27 heavy (non-hydrogen) atoms. The molecule has 1 atom stereocenters. The lowest BCUT2D eigenvalue weighted by atomic mass is 9.74. The van der Waals surface area contributed by atoms with Crippen LogP contribution in [0.1, 0.15) is 82.6 Å². The van der Waals surface area contributed by atoms with Crippen LogP contribution in [-0.4, -0.2) is 0 Å². The van der Waals surface area contributed by atoms with E-state index in [4.69, 9.17) is 0 Å². The third kappa shape index (κ3) is 3.10. The van der Waals surface area contributed by atoms with Crippen molar-refractivity contribution in [3.63, 3.8) is 0 Å². The van der Waals surface area contributed by atoms with Gasteiger partial charge in [-0.2, -0.15) is 0 Å². The summed E-state index contributed by atoms with van der Waals surface area (Å²) in [5, 5.41) is 0. The largest absolute Gasteiger partial charge is 0.0805 e. The maximum absolute atomic E-state index is 2.42. The standard InChI is InChI=1S/C27H32/c1-26(2,3)22-15-16-23(27(4,5)6)25-21(17-18-11-7-8-12-18)19-13-9-10-14-20(19)24(22)25/h7-11,13-16,21H,12,17H2,1-6H3. The van der Waals surface area contributed by atoms with E-state index < -0.39 is 0 Å². The SMILES string of the molecule is CC(C)(C)c1ccc(C(C)(C)C)c2c1-c1ccccc1C2CC1=CC=CC1. The van der Waals surface area contributed by atoms with Gasteiger partial charge in [-0.25, -0.2) is 0 Å². The molecular weight excluding hydrogens is 324 g/mol. The molecule has 2 aromatic rings. The van der Waals surface area contributed by atoms with E-state index in [1.807, 2.05) is 0 Å². The smallest absolute Gasteiger partial charge is 0.0142 e. The van der Waals surface area contributed by atoms with Crippen LogP contribution < -0.4 is 0 Å². The average molecular weight is 357 g/mol. The number of allylic oxidation sites excluding steroid dienone is 4. The summed E-state index contributed by atoms with van der Waals surface area (Å²) in [6, 6.07) is 13.9. The highest BCUT2D eigenvalue weighted by Gasteiger charge is 2.37. The molecule has 0 aromatic heterocycles. The highest BCUT2D eigenvalue weighted by Crippen LogP contribution is 2.54. The van der Waals surface area contributed by atoms with Gasteiger partial charge in [-0.05, 0) is 57.1 Å². The highest BCUT2D eigenvalue weighted by atomic mass is 14.4. The summed E-state index contributed by atoms with van der Waals surface area (Å²) in [7, 11) is 0. The molecule has 0 nitrogen and oxygen atoms in total. The van der Waals surface area contributed by atoms with E-state index in [-0.39, 0.29) is 10.8 Å². The second-order valence-corrected chi connectivity index (χ2v) is 10.3. The summed E-state index contributed by atoms with van der Waals surface area (Å²) in [5.41, 5.74) is 10.9. The molecule has 0 amide bonds. The van der Waals surface area contributed by atoms with Gasteiger partial charge in [0.25, 0.3) is 0 Å². The van der Waals surface area contributed by atoms with Crippen molar-refractivity contribution < 1.29 is 0 Å². The molecule has 0 heterocycles. The third-order valence-electron chi connectivity index (χ3n) is 6.13. The Kier molecular flexibility index (Phi) is 4.22. The molecule has 2 aliphatic rings. The first-order valence-electron chi connectivity index (χ1n) is 10.3. The van der Waals surface area contributed by atoms with Gasteiger partial charge in [-0.1, -0.05) is 102 Å². The van der Waals surface area contributed by atoms with Gasteiger partial charge in [-0.3, -0.25) is 0 Å². The number of rotatable bonds is 2. The number of hydrogen-bond acceptors (Lipinski definition) is 0. The molecule has 4 rings (SSSR count). The van der Waals surface area contributed by atoms with Crippen molar-refractivity contribution in [3.8, 4) is 11.1 Å². The molecular formula is C27H32. The van der Waals surface area contributed by atoms with E-state index >= 15 is 0 Å². The summed E-state index contributed by atoms with van der Waals surface area (Å²) in [4.78, 5) is 0. The highest BCUT2D eigenvalue weighted by molar-refractivity contribution is 5.84. The van der Waals surface area contributed by atoms with Crippen LogP contribution in [0.3, 0.4) is 0 Å². The normalized spacial score (nSPS) is 18.4. The summed E-state index contributed by atoms with van der Waals surface area (Å²) in [6.07, 6.45) is 9.07. The van der Waals surface area contributed by atoms with Crippen molar-refractivity contribution in [1.82, 2.24) is 0 Å². The number of benzene rings is 2. The Balaban J connectivity index is 2.00. The van der Waals surface area contributed by atoms with Crippen molar-refractivity contribution >= 4 is 0 Å². The molecule has 0 bridgehead atoms. The molecule has 0 aliphatic heterocycles. The molecule has 2 aromatic carbocycles. The predicted octanol–water partition coefficient (Wildman–Crippen LogP) is 7.67. The minimum Gasteiger partial charge on any atom is -0.0805 e.